The molecule has 1 nitrogen and oxygen atoms in total. The van der Waals surface area contributed by atoms with Crippen LogP contribution in [-0.4, -0.2) is 0 Å². The molecule has 0 saturated carbocycles. The lowest BCUT2D eigenvalue weighted by Crippen LogP contribution is -1.92. The van der Waals surface area contributed by atoms with Gasteiger partial charge >= 0.3 is 0 Å². The Bertz CT molecular complexity index is 4850. The van der Waals surface area contributed by atoms with E-state index in [1.54, 1.807) is 0 Å². The topological polar surface area (TPSA) is 13.1 Å². The first-order valence-electron chi connectivity index (χ1n) is 30.2. The molecule has 0 fully saturated rings. The highest BCUT2D eigenvalue weighted by Gasteiger charge is 2.21. The first-order chi connectivity index (χ1) is 37.8. The summed E-state index contributed by atoms with van der Waals surface area (Å²) in [6, 6.07) is -28.8. The Balaban J connectivity index is 1.45. The highest BCUT2D eigenvalue weighted by atomic mass is 16.3. The first kappa shape index (κ1) is 11.7. The van der Waals surface area contributed by atoms with Gasteiger partial charge in [0.2, 0.25) is 0 Å². The average molecular weight is 677 g/mol. The van der Waals surface area contributed by atoms with Crippen molar-refractivity contribution >= 4 is 75.8 Å². The summed E-state index contributed by atoms with van der Waals surface area (Å²) in [5.41, 5.74) is -6.24. The van der Waals surface area contributed by atoms with E-state index >= 15 is 0 Å². The number of hydrogen-bond acceptors (Lipinski definition) is 1. The van der Waals surface area contributed by atoms with Crippen LogP contribution in [0.25, 0.3) is 109 Å². The van der Waals surface area contributed by atoms with Crippen LogP contribution in [0.2, 0.25) is 0 Å². The molecule has 0 aliphatic carbocycles. The Morgan fingerprint density at radius 2 is 0.902 bits per heavy atom. The van der Waals surface area contributed by atoms with E-state index in [-0.39, 0.29) is 0 Å². The van der Waals surface area contributed by atoms with Gasteiger partial charge in [0.05, 0.1) is 41.1 Å². The van der Waals surface area contributed by atoms with Gasteiger partial charge < -0.3 is 4.42 Å². The van der Waals surface area contributed by atoms with Crippen LogP contribution in [0.15, 0.2) is 186 Å². The fraction of sp³-hybridized carbons (Fsp3) is 0. The van der Waals surface area contributed by atoms with Crippen LogP contribution < -0.4 is 0 Å². The van der Waals surface area contributed by atoms with Crippen molar-refractivity contribution in [1.82, 2.24) is 0 Å². The van der Waals surface area contributed by atoms with E-state index in [0.29, 0.717) is 0 Å². The van der Waals surface area contributed by atoms with Gasteiger partial charge in [-0.05, 0) is 106 Å². The van der Waals surface area contributed by atoms with E-state index in [2.05, 4.69) is 0 Å². The molecule has 1 heterocycles. The van der Waals surface area contributed by atoms with Gasteiger partial charge in [0.15, 0.2) is 0 Å². The Labute approximate surface area is 336 Å². The van der Waals surface area contributed by atoms with E-state index in [9.17, 15) is 16.4 Å². The number of furan rings is 1. The molecule has 0 atom stereocenters. The zero-order chi connectivity index (χ0) is 59.6. The molecule has 11 aromatic rings. The Morgan fingerprint density at radius 1 is 0.333 bits per heavy atom. The van der Waals surface area contributed by atoms with Crippen LogP contribution in [0.3, 0.4) is 0 Å². The molecule has 0 radical (unpaired) electrons. The second-order valence-corrected chi connectivity index (χ2v) is 11.3. The molecule has 0 unspecified atom stereocenters. The standard InChI is InChI=1S/C50H30O/c1-4-18-36-31(13-1)27-28-44-49-43(25-12-26-46(49)51-50(36)44)48-41-23-9-7-21-39(41)47(40-22-8-10-24-42(40)48)34-16-11-15-32(29-34)45-30-33-14-2-3-17-35(33)37-19-5-6-20-38(37)45/h1-30H/i1D,2D,3D,4D,5D,6D,7D,8D,9D,10D,11D,12D,13D,14D,15D,16D,17D,18D,19D,20D,21D,22D,23D,24D,25D,26D,27D,28D,29D,30D. The maximum atomic E-state index is 10.1. The van der Waals surface area contributed by atoms with Crippen LogP contribution in [0.4, 0.5) is 0 Å². The average Bonchev–Trinajstić information content (AvgIpc) is 2.63. The van der Waals surface area contributed by atoms with Crippen LogP contribution >= 0.6 is 0 Å². The second-order valence-electron chi connectivity index (χ2n) is 11.3. The van der Waals surface area contributed by atoms with E-state index in [1.807, 2.05) is 0 Å². The normalized spacial score (nSPS) is 20.2. The van der Waals surface area contributed by atoms with E-state index in [0.717, 1.165) is 0 Å². The molecule has 10 aromatic carbocycles. The highest BCUT2D eigenvalue weighted by Crippen LogP contribution is 2.48. The van der Waals surface area contributed by atoms with Gasteiger partial charge in [0.1, 0.15) is 11.2 Å². The van der Waals surface area contributed by atoms with E-state index in [4.69, 9.17) is 29.1 Å². The lowest BCUT2D eigenvalue weighted by molar-refractivity contribution is 0.673. The molecular formula is C50H30O. The molecule has 11 rings (SSSR count). The predicted molar refractivity (Wildman–Crippen MR) is 218 cm³/mol. The third kappa shape index (κ3) is 4.16. The van der Waals surface area contributed by atoms with Gasteiger partial charge in [0, 0.05) is 16.2 Å². The van der Waals surface area contributed by atoms with E-state index < -0.39 is 290 Å². The fourth-order valence-corrected chi connectivity index (χ4v) is 6.53. The summed E-state index contributed by atoms with van der Waals surface area (Å²) in [5, 5.41) is -7.86. The number of hydrogen-bond donors (Lipinski definition) is 0. The zero-order valence-electron chi connectivity index (χ0n) is 55.4. The Morgan fingerprint density at radius 3 is 1.65 bits per heavy atom. The molecule has 0 spiro atoms. The summed E-state index contributed by atoms with van der Waals surface area (Å²) < 4.78 is 280. The van der Waals surface area contributed by atoms with Gasteiger partial charge in [-0.2, -0.15) is 0 Å². The minimum Gasteiger partial charge on any atom is -0.455 e. The molecule has 0 amide bonds. The zero-order valence-corrected chi connectivity index (χ0v) is 25.4. The molecule has 51 heavy (non-hydrogen) atoms. The maximum absolute atomic E-state index is 10.1. The minimum atomic E-state index is -1.15. The van der Waals surface area contributed by atoms with Crippen molar-refractivity contribution in [3.8, 4) is 33.4 Å². The summed E-state index contributed by atoms with van der Waals surface area (Å²) >= 11 is 0. The molecule has 0 aliphatic heterocycles. The molecule has 1 heteroatoms. The lowest BCUT2D eigenvalue weighted by atomic mass is 9.84. The summed E-state index contributed by atoms with van der Waals surface area (Å²) in [5.74, 6) is 0. The van der Waals surface area contributed by atoms with Crippen LogP contribution in [-0.2, 0) is 0 Å². The predicted octanol–water partition coefficient (Wildman–Crippen LogP) is 14.4. The highest BCUT2D eigenvalue weighted by molar-refractivity contribution is 6.27. The third-order valence-electron chi connectivity index (χ3n) is 8.62. The molecule has 0 N–H and O–H groups in total. The summed E-state index contributed by atoms with van der Waals surface area (Å²) in [7, 11) is 0. The first-order valence-corrected chi connectivity index (χ1v) is 15.2. The lowest BCUT2D eigenvalue weighted by Gasteiger charge is -2.19. The van der Waals surface area contributed by atoms with Gasteiger partial charge in [0.25, 0.3) is 0 Å². The molecule has 0 bridgehead atoms. The Kier molecular flexibility index (Phi) is 2.50. The van der Waals surface area contributed by atoms with Crippen molar-refractivity contribution in [2.24, 2.45) is 0 Å². The Hall–Kier alpha value is -6.70. The van der Waals surface area contributed by atoms with Gasteiger partial charge in [-0.25, -0.2) is 0 Å². The maximum Gasteiger partial charge on any atom is 0.143 e. The number of rotatable bonds is 3. The van der Waals surface area contributed by atoms with Crippen molar-refractivity contribution < 1.29 is 45.5 Å². The summed E-state index contributed by atoms with van der Waals surface area (Å²) in [6.45, 7) is 0. The summed E-state index contributed by atoms with van der Waals surface area (Å²) in [4.78, 5) is 0. The van der Waals surface area contributed by atoms with Crippen molar-refractivity contribution in [1.29, 1.82) is 0 Å². The van der Waals surface area contributed by atoms with Crippen molar-refractivity contribution in [2.45, 2.75) is 0 Å². The van der Waals surface area contributed by atoms with Gasteiger partial charge in [-0.15, -0.1) is 0 Å². The smallest absolute Gasteiger partial charge is 0.143 e. The fourth-order valence-electron chi connectivity index (χ4n) is 6.53. The molecule has 0 saturated heterocycles. The van der Waals surface area contributed by atoms with Crippen molar-refractivity contribution in [3.05, 3.63) is 181 Å². The summed E-state index contributed by atoms with van der Waals surface area (Å²) in [6.07, 6.45) is 0. The van der Waals surface area contributed by atoms with Crippen LogP contribution in [0.5, 0.6) is 0 Å². The molecule has 1 aromatic heterocycles. The largest absolute Gasteiger partial charge is 0.455 e. The molecule has 236 valence electrons. The number of benzene rings is 10. The quantitative estimate of drug-likeness (QED) is 0.134. The third-order valence-corrected chi connectivity index (χ3v) is 8.62. The minimum absolute atomic E-state index is 0.484. The van der Waals surface area contributed by atoms with Crippen LogP contribution in [0.1, 0.15) is 41.1 Å². The van der Waals surface area contributed by atoms with Crippen molar-refractivity contribution in [3.63, 3.8) is 0 Å². The van der Waals surface area contributed by atoms with Gasteiger partial charge in [-0.3, -0.25) is 0 Å². The second kappa shape index (κ2) is 10.9. The molecular weight excluding hydrogens is 617 g/mol. The van der Waals surface area contributed by atoms with E-state index in [1.165, 1.54) is 0 Å². The monoisotopic (exact) mass is 676 g/mol. The molecule has 0 aliphatic rings. The van der Waals surface area contributed by atoms with Crippen molar-refractivity contribution in [2.75, 3.05) is 0 Å². The van der Waals surface area contributed by atoms with Gasteiger partial charge in [-0.1, -0.05) is 157 Å². The number of fused-ring (bicyclic) bond motifs is 10. The SMILES string of the molecule is [2H]c1c([2H])c(-c2c3c([2H])c([2H])c([2H])c([2H])c3c(-c3c([2H])c([2H])c([2H])c4oc5c6c([2H])c([2H])c([2H])c([2H])c6c([2H])c([2H])c5c34)c3c([2H])c([2H])c([2H])c([2H])c23)c([2H])c(-c2c([2H])c3c([2H])c([2H])c([2H])c([2H])c3c3c([2H])c([2H])c([2H])c([2H])c23)c1[2H]. The van der Waals surface area contributed by atoms with Crippen LogP contribution in [0, 0.1) is 0 Å².